The molecule has 6 nitrogen and oxygen atoms in total. The molecule has 136 valence electrons. The van der Waals surface area contributed by atoms with Crippen LogP contribution < -0.4 is 0 Å². The normalized spacial score (nSPS) is 35.1. The van der Waals surface area contributed by atoms with Gasteiger partial charge in [0, 0.05) is 5.41 Å². The van der Waals surface area contributed by atoms with E-state index in [1.54, 1.807) is 6.08 Å². The third-order valence-corrected chi connectivity index (χ3v) is 6.47. The number of methoxy groups -OCH3 is 2. The minimum atomic E-state index is -2.01. The van der Waals surface area contributed by atoms with E-state index in [1.807, 2.05) is 0 Å². The van der Waals surface area contributed by atoms with E-state index < -0.39 is 43.3 Å². The van der Waals surface area contributed by atoms with Gasteiger partial charge in [0.25, 0.3) is 0 Å². The molecule has 0 spiro atoms. The summed E-state index contributed by atoms with van der Waals surface area (Å²) in [7, 11) is 0.501. The number of carbonyl (C=O) groups excluding carboxylic acids is 2. The van der Waals surface area contributed by atoms with Crippen molar-refractivity contribution in [2.75, 3.05) is 14.2 Å². The molecular formula is C17H28O6Si. The molecule has 1 N–H and O–H groups in total. The maximum absolute atomic E-state index is 12.5. The SMILES string of the molecule is C=CC1(O[Si](C)(C)C)CC2C(O)CCC21C(C(=O)OC)C(=O)OC. The standard InChI is InChI=1S/C17H28O6Si/c1-7-16(23-24(4,5)6)10-11-12(18)8-9-17(11,16)13(14(19)21-2)15(20)22-3/h7,11-13,18H,1,8-10H2,2-6H3. The van der Waals surface area contributed by atoms with Gasteiger partial charge in [-0.3, -0.25) is 9.59 Å². The van der Waals surface area contributed by atoms with Crippen LogP contribution in [0.5, 0.6) is 0 Å². The predicted octanol–water partition coefficient (Wildman–Crippen LogP) is 1.89. The maximum Gasteiger partial charge on any atom is 0.320 e. The Morgan fingerprint density at radius 1 is 1.25 bits per heavy atom. The number of carbonyl (C=O) groups is 2. The second-order valence-corrected chi connectivity index (χ2v) is 12.2. The highest BCUT2D eigenvalue weighted by molar-refractivity contribution is 6.69. The minimum absolute atomic E-state index is 0.213. The Balaban J connectivity index is 2.57. The second kappa shape index (κ2) is 6.27. The van der Waals surface area contributed by atoms with Gasteiger partial charge in [0.1, 0.15) is 0 Å². The van der Waals surface area contributed by atoms with E-state index in [1.165, 1.54) is 14.2 Å². The predicted molar refractivity (Wildman–Crippen MR) is 90.7 cm³/mol. The van der Waals surface area contributed by atoms with Crippen LogP contribution in [0, 0.1) is 17.3 Å². The number of rotatable bonds is 6. The van der Waals surface area contributed by atoms with Gasteiger partial charge < -0.3 is 19.0 Å². The van der Waals surface area contributed by atoms with Gasteiger partial charge in [-0.15, -0.1) is 6.58 Å². The van der Waals surface area contributed by atoms with E-state index in [0.29, 0.717) is 19.3 Å². The van der Waals surface area contributed by atoms with Crippen molar-refractivity contribution in [3.05, 3.63) is 12.7 Å². The number of hydrogen-bond donors (Lipinski definition) is 1. The third-order valence-electron chi connectivity index (χ3n) is 5.50. The zero-order chi connectivity index (χ0) is 18.3. The average Bonchev–Trinajstić information content (AvgIpc) is 2.77. The fraction of sp³-hybridized carbons (Fsp3) is 0.765. The molecule has 0 amide bonds. The van der Waals surface area contributed by atoms with Crippen molar-refractivity contribution in [1.29, 1.82) is 0 Å². The second-order valence-electron chi connectivity index (χ2n) is 7.74. The zero-order valence-corrected chi connectivity index (χ0v) is 16.1. The summed E-state index contributed by atoms with van der Waals surface area (Å²) in [4.78, 5) is 25.0. The molecule has 24 heavy (non-hydrogen) atoms. The molecule has 0 heterocycles. The fourth-order valence-corrected chi connectivity index (χ4v) is 6.15. The summed E-state index contributed by atoms with van der Waals surface area (Å²) >= 11 is 0. The number of aliphatic hydroxyl groups is 1. The van der Waals surface area contributed by atoms with Crippen molar-refractivity contribution >= 4 is 20.3 Å². The first kappa shape index (κ1) is 19.1. The van der Waals surface area contributed by atoms with E-state index in [-0.39, 0.29) is 5.92 Å². The zero-order valence-electron chi connectivity index (χ0n) is 15.1. The first-order valence-electron chi connectivity index (χ1n) is 8.26. The summed E-state index contributed by atoms with van der Waals surface area (Å²) in [6.07, 6.45) is 2.69. The highest BCUT2D eigenvalue weighted by Gasteiger charge is 2.75. The van der Waals surface area contributed by atoms with E-state index in [9.17, 15) is 14.7 Å². The number of hydrogen-bond acceptors (Lipinski definition) is 6. The summed E-state index contributed by atoms with van der Waals surface area (Å²) < 4.78 is 16.2. The lowest BCUT2D eigenvalue weighted by atomic mass is 9.46. The van der Waals surface area contributed by atoms with E-state index >= 15 is 0 Å². The van der Waals surface area contributed by atoms with Crippen LogP contribution >= 0.6 is 0 Å². The molecule has 2 saturated carbocycles. The largest absolute Gasteiger partial charge is 0.468 e. The summed E-state index contributed by atoms with van der Waals surface area (Å²) in [5, 5.41) is 10.4. The van der Waals surface area contributed by atoms with Crippen LogP contribution in [0.4, 0.5) is 0 Å². The molecule has 0 aromatic carbocycles. The van der Waals surface area contributed by atoms with Gasteiger partial charge in [-0.2, -0.15) is 0 Å². The molecule has 2 fully saturated rings. The van der Waals surface area contributed by atoms with Gasteiger partial charge in [0.15, 0.2) is 14.2 Å². The van der Waals surface area contributed by atoms with Crippen LogP contribution in [0.2, 0.25) is 19.6 Å². The summed E-state index contributed by atoms with van der Waals surface area (Å²) in [5.41, 5.74) is -1.69. The smallest absolute Gasteiger partial charge is 0.320 e. The molecule has 7 heteroatoms. The molecule has 0 radical (unpaired) electrons. The van der Waals surface area contributed by atoms with E-state index in [4.69, 9.17) is 13.9 Å². The maximum atomic E-state index is 12.5. The monoisotopic (exact) mass is 356 g/mol. The third kappa shape index (κ3) is 2.62. The van der Waals surface area contributed by atoms with Crippen molar-refractivity contribution in [2.24, 2.45) is 17.3 Å². The van der Waals surface area contributed by atoms with Gasteiger partial charge in [-0.1, -0.05) is 6.08 Å². The Morgan fingerprint density at radius 3 is 2.17 bits per heavy atom. The van der Waals surface area contributed by atoms with Gasteiger partial charge in [-0.05, 0) is 44.8 Å². The molecule has 0 aromatic rings. The Kier molecular flexibility index (Phi) is 5.01. The van der Waals surface area contributed by atoms with Crippen LogP contribution in [0.1, 0.15) is 19.3 Å². The first-order valence-corrected chi connectivity index (χ1v) is 11.7. The molecule has 2 rings (SSSR count). The lowest BCUT2D eigenvalue weighted by Crippen LogP contribution is -2.71. The Hall–Kier alpha value is -1.18. The van der Waals surface area contributed by atoms with Crippen molar-refractivity contribution in [3.8, 4) is 0 Å². The van der Waals surface area contributed by atoms with Crippen molar-refractivity contribution in [3.63, 3.8) is 0 Å². The Morgan fingerprint density at radius 2 is 1.79 bits per heavy atom. The molecule has 2 aliphatic carbocycles. The number of ether oxygens (including phenoxy) is 2. The van der Waals surface area contributed by atoms with Crippen LogP contribution in [0.3, 0.4) is 0 Å². The molecule has 0 bridgehead atoms. The fourth-order valence-electron chi connectivity index (χ4n) is 4.70. The average molecular weight is 356 g/mol. The van der Waals surface area contributed by atoms with Gasteiger partial charge in [0.2, 0.25) is 0 Å². The van der Waals surface area contributed by atoms with Crippen molar-refractivity contribution in [2.45, 2.75) is 50.6 Å². The van der Waals surface area contributed by atoms with Crippen LogP contribution in [0.15, 0.2) is 12.7 Å². The quantitative estimate of drug-likeness (QED) is 0.339. The summed E-state index contributed by atoms with van der Waals surface area (Å²) in [6.45, 7) is 10.1. The molecule has 4 unspecified atom stereocenters. The van der Waals surface area contributed by atoms with Gasteiger partial charge in [0.05, 0.1) is 25.9 Å². The molecule has 2 aliphatic rings. The van der Waals surface area contributed by atoms with Gasteiger partial charge >= 0.3 is 11.9 Å². The topological polar surface area (TPSA) is 82.1 Å². The number of aliphatic hydroxyl groups excluding tert-OH is 1. The molecular weight excluding hydrogens is 328 g/mol. The molecule has 0 aromatic heterocycles. The van der Waals surface area contributed by atoms with Crippen LogP contribution in [-0.4, -0.2) is 51.3 Å². The van der Waals surface area contributed by atoms with Crippen molar-refractivity contribution < 1.29 is 28.6 Å². The lowest BCUT2D eigenvalue weighted by molar-refractivity contribution is -0.218. The van der Waals surface area contributed by atoms with Crippen LogP contribution in [0.25, 0.3) is 0 Å². The minimum Gasteiger partial charge on any atom is -0.468 e. The first-order chi connectivity index (χ1) is 11.1. The highest BCUT2D eigenvalue weighted by Crippen LogP contribution is 2.69. The highest BCUT2D eigenvalue weighted by atomic mass is 28.4. The summed E-state index contributed by atoms with van der Waals surface area (Å²) in [6, 6.07) is 0. The number of fused-ring (bicyclic) bond motifs is 1. The Bertz CT molecular complexity index is 526. The van der Waals surface area contributed by atoms with Crippen LogP contribution in [-0.2, 0) is 23.5 Å². The van der Waals surface area contributed by atoms with E-state index in [2.05, 4.69) is 26.2 Å². The molecule has 0 saturated heterocycles. The van der Waals surface area contributed by atoms with Crippen molar-refractivity contribution in [1.82, 2.24) is 0 Å². The molecule has 4 atom stereocenters. The van der Waals surface area contributed by atoms with Gasteiger partial charge in [-0.25, -0.2) is 0 Å². The number of esters is 2. The lowest BCUT2D eigenvalue weighted by Gasteiger charge is -2.64. The Labute approximate surface area is 144 Å². The summed E-state index contributed by atoms with van der Waals surface area (Å²) in [5.74, 6) is -2.63. The van der Waals surface area contributed by atoms with E-state index in [0.717, 1.165) is 0 Å². The molecule has 0 aliphatic heterocycles.